The van der Waals surface area contributed by atoms with Crippen molar-refractivity contribution >= 4 is 5.91 Å². The van der Waals surface area contributed by atoms with Crippen molar-refractivity contribution in [1.29, 1.82) is 0 Å². The number of morpholine rings is 1. The van der Waals surface area contributed by atoms with Crippen LogP contribution in [0.3, 0.4) is 0 Å². The van der Waals surface area contributed by atoms with Crippen molar-refractivity contribution in [3.05, 3.63) is 0 Å². The summed E-state index contributed by atoms with van der Waals surface area (Å²) in [6.07, 6.45) is 0. The van der Waals surface area contributed by atoms with Crippen molar-refractivity contribution < 1.29 is 9.53 Å². The molecule has 0 aromatic carbocycles. The molecule has 0 saturated carbocycles. The van der Waals surface area contributed by atoms with Crippen molar-refractivity contribution in [2.75, 3.05) is 26.3 Å². The van der Waals surface area contributed by atoms with Gasteiger partial charge in [-0.25, -0.2) is 0 Å². The number of carbonyl (C=O) groups is 1. The number of nitrogens with zero attached hydrogens (tertiary/aromatic N) is 1. The standard InChI is InChI=1S/C7H14N2O2/c1-6-5-11-3-2-9(6)7(10)4-8/h6H,2-5,8H2,1H3. The Morgan fingerprint density at radius 2 is 2.55 bits per heavy atom. The Morgan fingerprint density at radius 3 is 3.09 bits per heavy atom. The van der Waals surface area contributed by atoms with Crippen LogP contribution in [0.2, 0.25) is 0 Å². The van der Waals surface area contributed by atoms with Gasteiger partial charge in [-0.15, -0.1) is 0 Å². The van der Waals surface area contributed by atoms with Gasteiger partial charge in [-0.1, -0.05) is 0 Å². The fraction of sp³-hybridized carbons (Fsp3) is 0.857. The maximum absolute atomic E-state index is 11.1. The first-order valence-electron chi connectivity index (χ1n) is 3.83. The van der Waals surface area contributed by atoms with Gasteiger partial charge in [-0.05, 0) is 6.92 Å². The van der Waals surface area contributed by atoms with Crippen LogP contribution in [0, 0.1) is 0 Å². The molecule has 0 bridgehead atoms. The molecule has 11 heavy (non-hydrogen) atoms. The summed E-state index contributed by atoms with van der Waals surface area (Å²) in [5.41, 5.74) is 5.23. The molecule has 1 aliphatic rings. The topological polar surface area (TPSA) is 55.6 Å². The lowest BCUT2D eigenvalue weighted by molar-refractivity contribution is -0.137. The van der Waals surface area contributed by atoms with Crippen LogP contribution in [-0.2, 0) is 9.53 Å². The lowest BCUT2D eigenvalue weighted by Crippen LogP contribution is -2.49. The molecule has 1 saturated heterocycles. The minimum absolute atomic E-state index is 0.0146. The third-order valence-corrected chi connectivity index (χ3v) is 1.86. The monoisotopic (exact) mass is 158 g/mol. The minimum Gasteiger partial charge on any atom is -0.377 e. The van der Waals surface area contributed by atoms with Gasteiger partial charge in [0.2, 0.25) is 5.91 Å². The second kappa shape index (κ2) is 3.69. The van der Waals surface area contributed by atoms with Crippen molar-refractivity contribution in [3.8, 4) is 0 Å². The lowest BCUT2D eigenvalue weighted by Gasteiger charge is -2.32. The van der Waals surface area contributed by atoms with Gasteiger partial charge in [0, 0.05) is 6.54 Å². The molecule has 2 N–H and O–H groups in total. The number of nitrogens with two attached hydrogens (primary N) is 1. The van der Waals surface area contributed by atoms with Crippen LogP contribution in [-0.4, -0.2) is 43.2 Å². The Hall–Kier alpha value is -0.610. The number of amides is 1. The maximum Gasteiger partial charge on any atom is 0.236 e. The van der Waals surface area contributed by atoms with Gasteiger partial charge in [0.05, 0.1) is 25.8 Å². The smallest absolute Gasteiger partial charge is 0.236 e. The normalized spacial score (nSPS) is 25.3. The Kier molecular flexibility index (Phi) is 2.84. The lowest BCUT2D eigenvalue weighted by atomic mass is 10.2. The first-order chi connectivity index (χ1) is 5.25. The fourth-order valence-corrected chi connectivity index (χ4v) is 1.21. The zero-order chi connectivity index (χ0) is 8.27. The zero-order valence-corrected chi connectivity index (χ0v) is 6.75. The van der Waals surface area contributed by atoms with E-state index in [2.05, 4.69) is 0 Å². The summed E-state index contributed by atoms with van der Waals surface area (Å²) in [4.78, 5) is 12.9. The summed E-state index contributed by atoms with van der Waals surface area (Å²) in [7, 11) is 0. The van der Waals surface area contributed by atoms with E-state index in [1.807, 2.05) is 6.92 Å². The predicted molar refractivity (Wildman–Crippen MR) is 41.0 cm³/mol. The zero-order valence-electron chi connectivity index (χ0n) is 6.75. The highest BCUT2D eigenvalue weighted by atomic mass is 16.5. The number of hydrogen-bond donors (Lipinski definition) is 1. The summed E-state index contributed by atoms with van der Waals surface area (Å²) in [6.45, 7) is 4.01. The molecule has 1 rings (SSSR count). The predicted octanol–water partition coefficient (Wildman–Crippen LogP) is -0.808. The highest BCUT2D eigenvalue weighted by Gasteiger charge is 2.21. The maximum atomic E-state index is 11.1. The molecule has 64 valence electrons. The van der Waals surface area contributed by atoms with E-state index < -0.39 is 0 Å². The second-order valence-electron chi connectivity index (χ2n) is 2.72. The SMILES string of the molecule is CC1COCCN1C(=O)CN. The molecule has 0 spiro atoms. The molecule has 4 heteroatoms. The van der Waals surface area contributed by atoms with E-state index in [1.165, 1.54) is 0 Å². The molecule has 1 fully saturated rings. The van der Waals surface area contributed by atoms with Crippen molar-refractivity contribution in [2.24, 2.45) is 5.73 Å². The molecular weight excluding hydrogens is 144 g/mol. The third-order valence-electron chi connectivity index (χ3n) is 1.86. The van der Waals surface area contributed by atoms with Gasteiger partial charge in [0.25, 0.3) is 0 Å². The summed E-state index contributed by atoms with van der Waals surface area (Å²) < 4.78 is 5.17. The molecular formula is C7H14N2O2. The van der Waals surface area contributed by atoms with Gasteiger partial charge < -0.3 is 15.4 Å². The van der Waals surface area contributed by atoms with Gasteiger partial charge in [0.1, 0.15) is 0 Å². The van der Waals surface area contributed by atoms with Crippen LogP contribution >= 0.6 is 0 Å². The van der Waals surface area contributed by atoms with Crippen LogP contribution in [0.15, 0.2) is 0 Å². The van der Waals surface area contributed by atoms with E-state index in [9.17, 15) is 4.79 Å². The van der Waals surface area contributed by atoms with E-state index >= 15 is 0 Å². The molecule has 0 aromatic rings. The molecule has 1 aliphatic heterocycles. The average Bonchev–Trinajstić information content (AvgIpc) is 2.04. The Morgan fingerprint density at radius 1 is 1.82 bits per heavy atom. The molecule has 1 unspecified atom stereocenters. The molecule has 1 heterocycles. The highest BCUT2D eigenvalue weighted by Crippen LogP contribution is 2.05. The van der Waals surface area contributed by atoms with Gasteiger partial charge >= 0.3 is 0 Å². The Balaban J connectivity index is 2.47. The minimum atomic E-state index is 0.0146. The van der Waals surface area contributed by atoms with Crippen LogP contribution in [0.1, 0.15) is 6.92 Å². The van der Waals surface area contributed by atoms with Gasteiger partial charge in [0.15, 0.2) is 0 Å². The van der Waals surface area contributed by atoms with Gasteiger partial charge in [-0.2, -0.15) is 0 Å². The summed E-state index contributed by atoms with van der Waals surface area (Å²) >= 11 is 0. The van der Waals surface area contributed by atoms with E-state index in [0.29, 0.717) is 19.8 Å². The van der Waals surface area contributed by atoms with Crippen molar-refractivity contribution in [1.82, 2.24) is 4.90 Å². The number of hydrogen-bond acceptors (Lipinski definition) is 3. The summed E-state index contributed by atoms with van der Waals surface area (Å²) in [5.74, 6) is 0.0146. The van der Waals surface area contributed by atoms with E-state index in [1.54, 1.807) is 4.90 Å². The Bertz CT molecular complexity index is 149. The number of ether oxygens (including phenoxy) is 1. The largest absolute Gasteiger partial charge is 0.377 e. The molecule has 0 radical (unpaired) electrons. The van der Waals surface area contributed by atoms with E-state index in [4.69, 9.17) is 10.5 Å². The van der Waals surface area contributed by atoms with Crippen LogP contribution < -0.4 is 5.73 Å². The summed E-state index contributed by atoms with van der Waals surface area (Å²) in [6, 6.07) is 0.180. The first-order valence-corrected chi connectivity index (χ1v) is 3.83. The average molecular weight is 158 g/mol. The fourth-order valence-electron chi connectivity index (χ4n) is 1.21. The quantitative estimate of drug-likeness (QED) is 0.543. The van der Waals surface area contributed by atoms with Crippen molar-refractivity contribution in [2.45, 2.75) is 13.0 Å². The van der Waals surface area contributed by atoms with E-state index in [0.717, 1.165) is 0 Å². The molecule has 4 nitrogen and oxygen atoms in total. The van der Waals surface area contributed by atoms with Crippen LogP contribution in [0.4, 0.5) is 0 Å². The second-order valence-corrected chi connectivity index (χ2v) is 2.72. The number of carbonyl (C=O) groups excluding carboxylic acids is 1. The molecule has 0 aromatic heterocycles. The van der Waals surface area contributed by atoms with Gasteiger partial charge in [-0.3, -0.25) is 4.79 Å². The molecule has 1 amide bonds. The van der Waals surface area contributed by atoms with Crippen LogP contribution in [0.25, 0.3) is 0 Å². The van der Waals surface area contributed by atoms with Crippen LogP contribution in [0.5, 0.6) is 0 Å². The highest BCUT2D eigenvalue weighted by molar-refractivity contribution is 5.78. The van der Waals surface area contributed by atoms with Crippen molar-refractivity contribution in [3.63, 3.8) is 0 Å². The molecule has 0 aliphatic carbocycles. The Labute approximate surface area is 66.3 Å². The summed E-state index contributed by atoms with van der Waals surface area (Å²) in [5, 5.41) is 0. The first kappa shape index (κ1) is 8.49. The third kappa shape index (κ3) is 1.91. The number of rotatable bonds is 1. The van der Waals surface area contributed by atoms with E-state index in [-0.39, 0.29) is 18.5 Å². The molecule has 1 atom stereocenters.